The first-order valence-electron chi connectivity index (χ1n) is 10.9. The standard InChI is InChI=1S/C21H24N6O9S3/c1-4-13-7-8-14(11-17(13)38(29,30)31)22-19-24-20(26-21(25-19)27(5-2)6-3)23-16-10-9-15(37-36-35-28)12-18(16)39(32,33)34/h4,7-12,28H,1,5-6H2,2-3H3,(H,29,30,31)(H,32,33,34)(H2,22,23,24,25,26). The third kappa shape index (κ3) is 7.83. The molecule has 0 saturated heterocycles. The van der Waals surface area contributed by atoms with Gasteiger partial charge in [-0.3, -0.25) is 9.11 Å². The summed E-state index contributed by atoms with van der Waals surface area (Å²) in [7, 11) is -9.31. The van der Waals surface area contributed by atoms with Gasteiger partial charge in [-0.2, -0.15) is 31.8 Å². The van der Waals surface area contributed by atoms with E-state index >= 15 is 0 Å². The summed E-state index contributed by atoms with van der Waals surface area (Å²) in [6, 6.07) is 7.88. The predicted molar refractivity (Wildman–Crippen MR) is 143 cm³/mol. The molecule has 0 saturated carbocycles. The number of nitrogens with zero attached hydrogens (tertiary/aromatic N) is 4. The van der Waals surface area contributed by atoms with Crippen molar-refractivity contribution in [1.82, 2.24) is 15.0 Å². The van der Waals surface area contributed by atoms with Crippen LogP contribution in [0.4, 0.5) is 29.2 Å². The first kappa shape index (κ1) is 30.2. The van der Waals surface area contributed by atoms with Gasteiger partial charge >= 0.3 is 0 Å². The zero-order chi connectivity index (χ0) is 28.8. The Labute approximate surface area is 228 Å². The molecule has 5 N–H and O–H groups in total. The van der Waals surface area contributed by atoms with Crippen molar-refractivity contribution in [2.45, 2.75) is 28.5 Å². The van der Waals surface area contributed by atoms with Crippen molar-refractivity contribution >= 4 is 67.6 Å². The Balaban J connectivity index is 2.07. The fraction of sp³-hybridized carbons (Fsp3) is 0.190. The minimum atomic E-state index is -4.74. The Kier molecular flexibility index (Phi) is 9.80. The topological polar surface area (TPSA) is 213 Å². The maximum absolute atomic E-state index is 12.0. The van der Waals surface area contributed by atoms with E-state index in [-0.39, 0.29) is 44.6 Å². The molecule has 0 atom stereocenters. The summed E-state index contributed by atoms with van der Waals surface area (Å²) in [6.45, 7) is 8.29. The zero-order valence-electron chi connectivity index (χ0n) is 20.5. The van der Waals surface area contributed by atoms with Crippen molar-refractivity contribution < 1.29 is 40.6 Å². The largest absolute Gasteiger partial charge is 0.341 e. The fourth-order valence-corrected chi connectivity index (χ4v) is 5.17. The van der Waals surface area contributed by atoms with Crippen LogP contribution in [0.5, 0.6) is 0 Å². The minimum Gasteiger partial charge on any atom is -0.341 e. The third-order valence-electron chi connectivity index (χ3n) is 5.08. The van der Waals surface area contributed by atoms with E-state index in [1.54, 1.807) is 4.90 Å². The highest BCUT2D eigenvalue weighted by molar-refractivity contribution is 7.94. The summed E-state index contributed by atoms with van der Waals surface area (Å²) in [4.78, 5) is 13.9. The minimum absolute atomic E-state index is 0.0453. The van der Waals surface area contributed by atoms with Gasteiger partial charge in [0.25, 0.3) is 20.2 Å². The van der Waals surface area contributed by atoms with Crippen LogP contribution in [0.25, 0.3) is 6.08 Å². The molecule has 1 heterocycles. The molecule has 1 aromatic heterocycles. The van der Waals surface area contributed by atoms with Gasteiger partial charge < -0.3 is 15.5 Å². The van der Waals surface area contributed by atoms with Crippen LogP contribution >= 0.6 is 12.0 Å². The number of nitrogens with one attached hydrogen (secondary N) is 2. The molecule has 15 nitrogen and oxygen atoms in total. The smallest absolute Gasteiger partial charge is 0.296 e. The van der Waals surface area contributed by atoms with Crippen LogP contribution in [0, 0.1) is 0 Å². The predicted octanol–water partition coefficient (Wildman–Crippen LogP) is 3.77. The second kappa shape index (κ2) is 12.7. The summed E-state index contributed by atoms with van der Waals surface area (Å²) in [5.41, 5.74) is 0.292. The normalized spacial score (nSPS) is 11.7. The first-order chi connectivity index (χ1) is 18.4. The van der Waals surface area contributed by atoms with Crippen LogP contribution in [-0.2, 0) is 29.6 Å². The van der Waals surface area contributed by atoms with Crippen LogP contribution < -0.4 is 15.5 Å². The van der Waals surface area contributed by atoms with Gasteiger partial charge in [0.05, 0.1) is 17.7 Å². The molecule has 0 spiro atoms. The van der Waals surface area contributed by atoms with E-state index in [2.05, 4.69) is 41.5 Å². The number of aromatic nitrogens is 3. The van der Waals surface area contributed by atoms with E-state index in [9.17, 15) is 25.9 Å². The van der Waals surface area contributed by atoms with Gasteiger partial charge in [-0.25, -0.2) is 5.26 Å². The van der Waals surface area contributed by atoms with Crippen LogP contribution in [0.3, 0.4) is 0 Å². The summed E-state index contributed by atoms with van der Waals surface area (Å²) < 4.78 is 71.4. The average Bonchev–Trinajstić information content (AvgIpc) is 2.87. The second-order valence-corrected chi connectivity index (χ2v) is 11.0. The molecule has 3 aromatic rings. The molecule has 210 valence electrons. The summed E-state index contributed by atoms with van der Waals surface area (Å²) in [6.07, 6.45) is 1.27. The summed E-state index contributed by atoms with van der Waals surface area (Å²) in [5.74, 6) is 0.0373. The lowest BCUT2D eigenvalue weighted by molar-refractivity contribution is -0.432. The molecule has 0 aliphatic carbocycles. The molecular formula is C21H24N6O9S3. The quantitative estimate of drug-likeness (QED) is 0.0817. The highest BCUT2D eigenvalue weighted by Gasteiger charge is 2.20. The van der Waals surface area contributed by atoms with Crippen molar-refractivity contribution in [3.8, 4) is 0 Å². The molecule has 39 heavy (non-hydrogen) atoms. The van der Waals surface area contributed by atoms with E-state index in [0.717, 1.165) is 6.07 Å². The van der Waals surface area contributed by atoms with Gasteiger partial charge in [-0.1, -0.05) is 23.8 Å². The van der Waals surface area contributed by atoms with Crippen molar-refractivity contribution in [1.29, 1.82) is 0 Å². The van der Waals surface area contributed by atoms with Crippen LogP contribution in [-0.4, -0.2) is 59.2 Å². The molecular weight excluding hydrogens is 576 g/mol. The Morgan fingerprint density at radius 3 is 2.15 bits per heavy atom. The van der Waals surface area contributed by atoms with Crippen LogP contribution in [0.1, 0.15) is 19.4 Å². The lowest BCUT2D eigenvalue weighted by Gasteiger charge is -2.20. The van der Waals surface area contributed by atoms with Gasteiger partial charge in [0.2, 0.25) is 17.8 Å². The molecule has 18 heteroatoms. The first-order valence-corrected chi connectivity index (χ1v) is 14.6. The average molecular weight is 601 g/mol. The number of anilines is 5. The fourth-order valence-electron chi connectivity index (χ4n) is 3.30. The molecule has 3 rings (SSSR count). The van der Waals surface area contributed by atoms with E-state index in [1.807, 2.05) is 13.8 Å². The molecule has 0 bridgehead atoms. The van der Waals surface area contributed by atoms with Gasteiger partial charge in [0.15, 0.2) is 0 Å². The lowest BCUT2D eigenvalue weighted by Crippen LogP contribution is -2.25. The highest BCUT2D eigenvalue weighted by Crippen LogP contribution is 2.31. The number of hydrogen-bond acceptors (Lipinski definition) is 14. The van der Waals surface area contributed by atoms with Gasteiger partial charge in [-0.15, -0.1) is 4.33 Å². The SMILES string of the molecule is C=Cc1ccc(Nc2nc(Nc3ccc(SOOO)cc3S(=O)(=O)O)nc(N(CC)CC)n2)cc1S(=O)(=O)O. The van der Waals surface area contributed by atoms with Crippen LogP contribution in [0.15, 0.2) is 57.7 Å². The molecule has 0 fully saturated rings. The van der Waals surface area contributed by atoms with Crippen molar-refractivity contribution in [3.63, 3.8) is 0 Å². The van der Waals surface area contributed by atoms with E-state index in [1.165, 1.54) is 36.4 Å². The van der Waals surface area contributed by atoms with E-state index in [0.29, 0.717) is 25.1 Å². The van der Waals surface area contributed by atoms with E-state index < -0.39 is 25.1 Å². The monoisotopic (exact) mass is 600 g/mol. The molecule has 0 aliphatic heterocycles. The van der Waals surface area contributed by atoms with Crippen molar-refractivity contribution in [2.24, 2.45) is 0 Å². The number of benzene rings is 2. The Morgan fingerprint density at radius 2 is 1.59 bits per heavy atom. The molecule has 0 amide bonds. The highest BCUT2D eigenvalue weighted by atomic mass is 32.2. The maximum atomic E-state index is 12.0. The van der Waals surface area contributed by atoms with Gasteiger partial charge in [0, 0.05) is 23.7 Å². The van der Waals surface area contributed by atoms with E-state index in [4.69, 9.17) is 5.26 Å². The number of hydrogen-bond donors (Lipinski definition) is 5. The second-order valence-electron chi connectivity index (χ2n) is 7.50. The van der Waals surface area contributed by atoms with Crippen molar-refractivity contribution in [2.75, 3.05) is 28.6 Å². The van der Waals surface area contributed by atoms with Gasteiger partial charge in [-0.05, 0) is 49.7 Å². The molecule has 0 unspecified atom stereocenters. The Hall–Kier alpha value is -3.36. The lowest BCUT2D eigenvalue weighted by atomic mass is 10.2. The Bertz CT molecular complexity index is 1570. The Morgan fingerprint density at radius 1 is 0.949 bits per heavy atom. The third-order valence-corrected chi connectivity index (χ3v) is 7.45. The van der Waals surface area contributed by atoms with Gasteiger partial charge in [0.1, 0.15) is 9.79 Å². The molecule has 0 radical (unpaired) electrons. The summed E-state index contributed by atoms with van der Waals surface area (Å²) >= 11 is 0.487. The number of rotatable bonds is 13. The van der Waals surface area contributed by atoms with Crippen LogP contribution in [0.2, 0.25) is 0 Å². The van der Waals surface area contributed by atoms with Crippen molar-refractivity contribution in [3.05, 3.63) is 48.5 Å². The molecule has 0 aliphatic rings. The maximum Gasteiger partial charge on any atom is 0.296 e. The summed E-state index contributed by atoms with van der Waals surface area (Å²) in [5, 5.41) is 17.4. The zero-order valence-corrected chi connectivity index (χ0v) is 22.9. The molecule has 2 aromatic carbocycles.